The molecule has 0 saturated carbocycles. The number of unbranched alkanes of at least 4 members (excludes halogenated alkanes) is 56. The van der Waals surface area contributed by atoms with Gasteiger partial charge in [-0.25, -0.2) is 9.13 Å². The molecule has 4 unspecified atom stereocenters. The number of hydrogen-bond acceptors (Lipinski definition) is 15. The molecule has 660 valence electrons. The van der Waals surface area contributed by atoms with Crippen LogP contribution in [0.3, 0.4) is 0 Å². The summed E-state index contributed by atoms with van der Waals surface area (Å²) in [6.45, 7) is 12.2. The van der Waals surface area contributed by atoms with Crippen molar-refractivity contribution in [3.05, 3.63) is 0 Å². The van der Waals surface area contributed by atoms with Crippen molar-refractivity contribution in [1.82, 2.24) is 0 Å². The van der Waals surface area contributed by atoms with Gasteiger partial charge in [-0.05, 0) is 43.4 Å². The largest absolute Gasteiger partial charge is 0.472 e. The SMILES string of the molecule is CCCCCCCCCCCCCC(=O)OC[C@H](COP(=O)(O)OC[C@H](O)COP(=O)(O)OC[C@@H](COC(=O)CCCCCCCCCCCCCCCCCCCCC(C)CC)OC(=O)CCCCCCCCCCCCCCCCCCCCC(C)CC)OC(=O)CCCCCCCCCCCCCCCC(C)C. The number of phosphoric ester groups is 2. The molecule has 17 nitrogen and oxygen atoms in total. The second-order valence-electron chi connectivity index (χ2n) is 34.0. The van der Waals surface area contributed by atoms with Crippen LogP contribution in [-0.4, -0.2) is 96.7 Å². The molecule has 19 heteroatoms. The van der Waals surface area contributed by atoms with Crippen LogP contribution >= 0.6 is 15.6 Å². The molecular formula is C92H180O17P2. The Bertz CT molecular complexity index is 2130. The lowest BCUT2D eigenvalue weighted by molar-refractivity contribution is -0.161. The molecule has 0 radical (unpaired) electrons. The number of hydrogen-bond donors (Lipinski definition) is 3. The third-order valence-electron chi connectivity index (χ3n) is 22.4. The minimum Gasteiger partial charge on any atom is -0.462 e. The fourth-order valence-corrected chi connectivity index (χ4v) is 15.9. The number of aliphatic hydroxyl groups is 1. The maximum absolute atomic E-state index is 13.2. The number of aliphatic hydroxyl groups excluding tert-OH is 1. The van der Waals surface area contributed by atoms with Crippen molar-refractivity contribution in [1.29, 1.82) is 0 Å². The number of esters is 4. The zero-order chi connectivity index (χ0) is 81.5. The molecule has 0 aromatic heterocycles. The van der Waals surface area contributed by atoms with Gasteiger partial charge in [-0.3, -0.25) is 37.3 Å². The van der Waals surface area contributed by atoms with Gasteiger partial charge < -0.3 is 33.8 Å². The van der Waals surface area contributed by atoms with Crippen LogP contribution in [0.15, 0.2) is 0 Å². The highest BCUT2D eigenvalue weighted by molar-refractivity contribution is 7.47. The molecule has 111 heavy (non-hydrogen) atoms. The van der Waals surface area contributed by atoms with Crippen LogP contribution in [0.4, 0.5) is 0 Å². The molecule has 0 rings (SSSR count). The highest BCUT2D eigenvalue weighted by Crippen LogP contribution is 2.45. The topological polar surface area (TPSA) is 237 Å². The van der Waals surface area contributed by atoms with E-state index in [0.717, 1.165) is 108 Å². The monoisotopic (exact) mass is 1620 g/mol. The molecule has 0 aliphatic heterocycles. The lowest BCUT2D eigenvalue weighted by Gasteiger charge is -2.21. The van der Waals surface area contributed by atoms with Crippen molar-refractivity contribution in [2.75, 3.05) is 39.6 Å². The Labute approximate surface area is 683 Å². The maximum atomic E-state index is 13.2. The zero-order valence-electron chi connectivity index (χ0n) is 73.4. The van der Waals surface area contributed by atoms with Gasteiger partial charge in [0.05, 0.1) is 26.4 Å². The first-order valence-corrected chi connectivity index (χ1v) is 50.4. The van der Waals surface area contributed by atoms with E-state index in [1.54, 1.807) is 0 Å². The van der Waals surface area contributed by atoms with Crippen LogP contribution in [0.25, 0.3) is 0 Å². The molecule has 0 saturated heterocycles. The van der Waals surface area contributed by atoms with Gasteiger partial charge >= 0.3 is 39.5 Å². The predicted octanol–water partition coefficient (Wildman–Crippen LogP) is 28.4. The van der Waals surface area contributed by atoms with E-state index in [1.165, 1.54) is 302 Å². The quantitative estimate of drug-likeness (QED) is 0.0222. The summed E-state index contributed by atoms with van der Waals surface area (Å²) in [6.07, 6.45) is 74.9. The number of carbonyl (C=O) groups excluding carboxylic acids is 4. The third kappa shape index (κ3) is 82.9. The van der Waals surface area contributed by atoms with Gasteiger partial charge in [0.15, 0.2) is 12.2 Å². The molecule has 0 heterocycles. The summed E-state index contributed by atoms with van der Waals surface area (Å²) >= 11 is 0. The summed E-state index contributed by atoms with van der Waals surface area (Å²) in [5.74, 6) is 0.435. The summed E-state index contributed by atoms with van der Waals surface area (Å²) in [4.78, 5) is 73.4. The Balaban J connectivity index is 5.23. The van der Waals surface area contributed by atoms with Crippen LogP contribution in [-0.2, 0) is 65.4 Å². The zero-order valence-corrected chi connectivity index (χ0v) is 75.2. The Kier molecular flexibility index (Phi) is 80.4. The first kappa shape index (κ1) is 109. The number of phosphoric acid groups is 2. The Morgan fingerprint density at radius 2 is 0.459 bits per heavy atom. The molecule has 0 bridgehead atoms. The van der Waals surface area contributed by atoms with Gasteiger partial charge in [0.2, 0.25) is 0 Å². The molecule has 0 fully saturated rings. The molecule has 0 aromatic rings. The fraction of sp³-hybridized carbons (Fsp3) is 0.957. The highest BCUT2D eigenvalue weighted by atomic mass is 31.2. The van der Waals surface area contributed by atoms with Gasteiger partial charge in [0.1, 0.15) is 19.3 Å². The van der Waals surface area contributed by atoms with E-state index in [-0.39, 0.29) is 25.7 Å². The van der Waals surface area contributed by atoms with Crippen molar-refractivity contribution in [2.24, 2.45) is 17.8 Å². The van der Waals surface area contributed by atoms with Crippen molar-refractivity contribution >= 4 is 39.5 Å². The molecule has 0 aliphatic rings. The van der Waals surface area contributed by atoms with Crippen LogP contribution < -0.4 is 0 Å². The van der Waals surface area contributed by atoms with E-state index >= 15 is 0 Å². The van der Waals surface area contributed by atoms with E-state index in [9.17, 15) is 43.2 Å². The third-order valence-corrected chi connectivity index (χ3v) is 24.3. The summed E-state index contributed by atoms with van der Waals surface area (Å²) in [7, 11) is -9.94. The lowest BCUT2D eigenvalue weighted by Crippen LogP contribution is -2.30. The first-order valence-electron chi connectivity index (χ1n) is 47.4. The van der Waals surface area contributed by atoms with E-state index in [2.05, 4.69) is 48.5 Å². The van der Waals surface area contributed by atoms with Crippen molar-refractivity contribution in [2.45, 2.75) is 510 Å². The van der Waals surface area contributed by atoms with Crippen molar-refractivity contribution < 1.29 is 80.2 Å². The minimum absolute atomic E-state index is 0.108. The van der Waals surface area contributed by atoms with Crippen LogP contribution in [0, 0.1) is 17.8 Å². The van der Waals surface area contributed by atoms with E-state index in [1.807, 2.05) is 0 Å². The van der Waals surface area contributed by atoms with Crippen LogP contribution in [0.2, 0.25) is 0 Å². The molecule has 3 N–H and O–H groups in total. The average Bonchev–Trinajstić information content (AvgIpc) is 0.900. The van der Waals surface area contributed by atoms with E-state index in [4.69, 9.17) is 37.0 Å². The Morgan fingerprint density at radius 3 is 0.685 bits per heavy atom. The standard InChI is InChI=1S/C92H180O17P2/c1-8-11-12-13-14-15-35-45-52-59-66-73-89(94)102-79-87(108-92(97)76-69-62-55-48-41-34-28-29-36-42-49-56-63-70-83(4)5)81-106-110(98,99)104-77-86(93)78-105-111(100,101)107-82-88(109-91(96)75-68-61-54-47-40-33-27-23-19-17-21-25-31-38-44-51-58-65-72-85(7)10-3)80-103-90(95)74-67-60-53-46-39-32-26-22-18-16-20-24-30-37-43-50-57-64-71-84(6)9-2/h83-88,93H,8-82H2,1-7H3,(H,98,99)(H,100,101)/t84?,85?,86-,87+,88+/m0/s1. The van der Waals surface area contributed by atoms with Gasteiger partial charge in [-0.2, -0.15) is 0 Å². The second-order valence-corrected chi connectivity index (χ2v) is 36.9. The van der Waals surface area contributed by atoms with E-state index in [0.29, 0.717) is 25.7 Å². The summed E-state index contributed by atoms with van der Waals surface area (Å²) < 4.78 is 69.1. The minimum atomic E-state index is -4.97. The fourth-order valence-electron chi connectivity index (χ4n) is 14.4. The van der Waals surface area contributed by atoms with Gasteiger partial charge in [0, 0.05) is 25.7 Å². The maximum Gasteiger partial charge on any atom is 0.472 e. The van der Waals surface area contributed by atoms with Crippen molar-refractivity contribution in [3.8, 4) is 0 Å². The Hall–Kier alpha value is -1.94. The summed E-state index contributed by atoms with van der Waals surface area (Å²) in [5, 5.41) is 10.7. The van der Waals surface area contributed by atoms with Crippen LogP contribution in [0.1, 0.15) is 492 Å². The number of ether oxygens (including phenoxy) is 4. The Morgan fingerprint density at radius 1 is 0.261 bits per heavy atom. The van der Waals surface area contributed by atoms with Gasteiger partial charge in [-0.15, -0.1) is 0 Å². The van der Waals surface area contributed by atoms with Crippen molar-refractivity contribution in [3.63, 3.8) is 0 Å². The van der Waals surface area contributed by atoms with E-state index < -0.39 is 97.5 Å². The molecule has 0 aliphatic carbocycles. The predicted molar refractivity (Wildman–Crippen MR) is 460 cm³/mol. The van der Waals surface area contributed by atoms with Gasteiger partial charge in [-0.1, -0.05) is 440 Å². The molecule has 0 aromatic carbocycles. The lowest BCUT2D eigenvalue weighted by atomic mass is 9.99. The summed E-state index contributed by atoms with van der Waals surface area (Å²) in [6, 6.07) is 0. The molecule has 0 spiro atoms. The second kappa shape index (κ2) is 81.8. The first-order chi connectivity index (χ1) is 53.8. The smallest absolute Gasteiger partial charge is 0.462 e. The summed E-state index contributed by atoms with van der Waals surface area (Å²) in [5.41, 5.74) is 0. The normalized spacial score (nSPS) is 14.3. The van der Waals surface area contributed by atoms with Crippen LogP contribution in [0.5, 0.6) is 0 Å². The molecule has 0 amide bonds. The molecule has 7 atom stereocenters. The average molecular weight is 1620 g/mol. The number of rotatable bonds is 90. The molecular weight excluding hydrogens is 1440 g/mol. The highest BCUT2D eigenvalue weighted by Gasteiger charge is 2.31. The number of carbonyl (C=O) groups is 4. The van der Waals surface area contributed by atoms with Gasteiger partial charge in [0.25, 0.3) is 0 Å².